The van der Waals surface area contributed by atoms with Crippen molar-refractivity contribution in [3.8, 4) is 0 Å². The Hall–Kier alpha value is -0.940. The van der Waals surface area contributed by atoms with E-state index in [9.17, 15) is 8.42 Å². The van der Waals surface area contributed by atoms with Gasteiger partial charge in [-0.05, 0) is 29.8 Å². The normalized spacial score (nSPS) is 11.3. The predicted octanol–water partition coefficient (Wildman–Crippen LogP) is 4.53. The Kier molecular flexibility index (Phi) is 4.81. The molecule has 0 bridgehead atoms. The van der Waals surface area contributed by atoms with Gasteiger partial charge in [0.25, 0.3) is 10.0 Å². The van der Waals surface area contributed by atoms with Crippen LogP contribution in [0.15, 0.2) is 47.4 Å². The van der Waals surface area contributed by atoms with E-state index in [0.29, 0.717) is 16.3 Å². The van der Waals surface area contributed by atoms with Crippen molar-refractivity contribution in [1.82, 2.24) is 0 Å². The highest BCUT2D eigenvalue weighted by molar-refractivity contribution is 7.92. The second-order valence-electron chi connectivity index (χ2n) is 3.97. The van der Waals surface area contributed by atoms with Crippen LogP contribution >= 0.6 is 34.8 Å². The molecule has 0 saturated heterocycles. The van der Waals surface area contributed by atoms with E-state index < -0.39 is 10.0 Å². The molecule has 0 radical (unpaired) electrons. The summed E-state index contributed by atoms with van der Waals surface area (Å²) in [7, 11) is -3.82. The average molecular weight is 351 g/mol. The fourth-order valence-corrected chi connectivity index (χ4v) is 3.72. The predicted molar refractivity (Wildman–Crippen MR) is 83.3 cm³/mol. The summed E-state index contributed by atoms with van der Waals surface area (Å²) in [5.74, 6) is 0.196. The molecule has 0 aliphatic carbocycles. The maximum Gasteiger partial charge on any atom is 0.263 e. The Balaban J connectivity index is 2.43. The van der Waals surface area contributed by atoms with Crippen molar-refractivity contribution in [2.45, 2.75) is 10.8 Å². The van der Waals surface area contributed by atoms with Gasteiger partial charge in [-0.15, -0.1) is 11.6 Å². The Morgan fingerprint density at radius 1 is 1.05 bits per heavy atom. The van der Waals surface area contributed by atoms with Crippen molar-refractivity contribution in [2.24, 2.45) is 0 Å². The van der Waals surface area contributed by atoms with Crippen LogP contribution < -0.4 is 4.72 Å². The van der Waals surface area contributed by atoms with E-state index in [4.69, 9.17) is 34.8 Å². The molecular formula is C13H10Cl3NO2S. The fraction of sp³-hybridized carbons (Fsp3) is 0.0769. The summed E-state index contributed by atoms with van der Waals surface area (Å²) in [6.45, 7) is 0. The molecule has 3 nitrogen and oxygen atoms in total. The third kappa shape index (κ3) is 3.38. The van der Waals surface area contributed by atoms with Crippen LogP contribution in [-0.2, 0) is 15.9 Å². The lowest BCUT2D eigenvalue weighted by molar-refractivity contribution is 0.601. The molecule has 2 rings (SSSR count). The van der Waals surface area contributed by atoms with Gasteiger partial charge in [-0.2, -0.15) is 0 Å². The second-order valence-corrected chi connectivity index (χ2v) is 6.73. The highest BCUT2D eigenvalue weighted by Crippen LogP contribution is 2.28. The van der Waals surface area contributed by atoms with Gasteiger partial charge in [-0.25, -0.2) is 8.42 Å². The van der Waals surface area contributed by atoms with Crippen molar-refractivity contribution < 1.29 is 8.42 Å². The number of rotatable bonds is 4. The summed E-state index contributed by atoms with van der Waals surface area (Å²) in [5, 5.41) is 0.394. The van der Waals surface area contributed by atoms with Crippen molar-refractivity contribution in [2.75, 3.05) is 4.72 Å². The number of hydrogen-bond donors (Lipinski definition) is 1. The molecule has 0 heterocycles. The van der Waals surface area contributed by atoms with Crippen LogP contribution in [0, 0.1) is 0 Å². The Morgan fingerprint density at radius 3 is 2.45 bits per heavy atom. The van der Waals surface area contributed by atoms with E-state index in [1.807, 2.05) is 0 Å². The van der Waals surface area contributed by atoms with E-state index in [2.05, 4.69) is 4.72 Å². The Morgan fingerprint density at radius 2 is 1.75 bits per heavy atom. The topological polar surface area (TPSA) is 46.2 Å². The van der Waals surface area contributed by atoms with Crippen molar-refractivity contribution >= 4 is 50.5 Å². The molecule has 0 unspecified atom stereocenters. The first kappa shape index (κ1) is 15.4. The van der Waals surface area contributed by atoms with Crippen molar-refractivity contribution in [1.29, 1.82) is 0 Å². The van der Waals surface area contributed by atoms with Gasteiger partial charge in [0.2, 0.25) is 0 Å². The second kappa shape index (κ2) is 6.22. The van der Waals surface area contributed by atoms with Crippen LogP contribution in [0.25, 0.3) is 0 Å². The number of sulfonamides is 1. The lowest BCUT2D eigenvalue weighted by Gasteiger charge is -2.12. The summed E-state index contributed by atoms with van der Waals surface area (Å²) >= 11 is 17.5. The van der Waals surface area contributed by atoms with Gasteiger partial charge in [-0.3, -0.25) is 4.72 Å². The average Bonchev–Trinajstić information content (AvgIpc) is 2.41. The minimum absolute atomic E-state index is 0.0731. The molecule has 0 amide bonds. The number of alkyl halides is 1. The minimum Gasteiger partial charge on any atom is -0.279 e. The summed E-state index contributed by atoms with van der Waals surface area (Å²) < 4.78 is 27.2. The monoisotopic (exact) mass is 349 g/mol. The fourth-order valence-electron chi connectivity index (χ4n) is 1.62. The Bertz CT molecular complexity index is 732. The van der Waals surface area contributed by atoms with Crippen LogP contribution in [-0.4, -0.2) is 8.42 Å². The summed E-state index contributed by atoms with van der Waals surface area (Å²) in [4.78, 5) is -0.0731. The third-order valence-corrected chi connectivity index (χ3v) is 4.96. The van der Waals surface area contributed by atoms with E-state index >= 15 is 0 Å². The molecule has 0 aromatic heterocycles. The van der Waals surface area contributed by atoms with Gasteiger partial charge >= 0.3 is 0 Å². The molecular weight excluding hydrogens is 341 g/mol. The number of halogens is 3. The maximum absolute atomic E-state index is 12.3. The standard InChI is InChI=1S/C13H10Cl3NO2S/c14-8-9-3-1-2-4-12(9)17-20(18,19)13-7-10(15)5-6-11(13)16/h1-7,17H,8H2. The smallest absolute Gasteiger partial charge is 0.263 e. The van der Waals surface area contributed by atoms with Crippen LogP contribution in [0.3, 0.4) is 0 Å². The zero-order chi connectivity index (χ0) is 14.8. The van der Waals surface area contributed by atoms with Gasteiger partial charge < -0.3 is 0 Å². The number of hydrogen-bond acceptors (Lipinski definition) is 2. The zero-order valence-corrected chi connectivity index (χ0v) is 13.2. The van der Waals surface area contributed by atoms with Crippen LogP contribution in [0.5, 0.6) is 0 Å². The molecule has 0 aliphatic rings. The zero-order valence-electron chi connectivity index (χ0n) is 10.1. The van der Waals surface area contributed by atoms with E-state index in [1.165, 1.54) is 18.2 Å². The van der Waals surface area contributed by atoms with Crippen LogP contribution in [0.1, 0.15) is 5.56 Å². The molecule has 2 aromatic rings. The van der Waals surface area contributed by atoms with E-state index in [0.717, 1.165) is 0 Å². The van der Waals surface area contributed by atoms with Crippen LogP contribution in [0.2, 0.25) is 10.0 Å². The number of benzene rings is 2. The summed E-state index contributed by atoms with van der Waals surface area (Å²) in [6.07, 6.45) is 0. The molecule has 7 heteroatoms. The molecule has 0 saturated carbocycles. The molecule has 0 aliphatic heterocycles. The highest BCUT2D eigenvalue weighted by Gasteiger charge is 2.19. The molecule has 0 fully saturated rings. The molecule has 106 valence electrons. The van der Waals surface area contributed by atoms with E-state index in [-0.39, 0.29) is 15.8 Å². The number of nitrogens with one attached hydrogen (secondary N) is 1. The highest BCUT2D eigenvalue weighted by atomic mass is 35.5. The lowest BCUT2D eigenvalue weighted by atomic mass is 10.2. The lowest BCUT2D eigenvalue weighted by Crippen LogP contribution is -2.14. The first-order valence-corrected chi connectivity index (χ1v) is 8.33. The summed E-state index contributed by atoms with van der Waals surface area (Å²) in [6, 6.07) is 11.1. The van der Waals surface area contributed by atoms with Gasteiger partial charge in [0.05, 0.1) is 10.7 Å². The van der Waals surface area contributed by atoms with Crippen molar-refractivity contribution in [3.63, 3.8) is 0 Å². The van der Waals surface area contributed by atoms with E-state index in [1.54, 1.807) is 24.3 Å². The minimum atomic E-state index is -3.82. The largest absolute Gasteiger partial charge is 0.279 e. The quantitative estimate of drug-likeness (QED) is 0.823. The summed E-state index contributed by atoms with van der Waals surface area (Å²) in [5.41, 5.74) is 1.09. The van der Waals surface area contributed by atoms with Gasteiger partial charge in [-0.1, -0.05) is 41.4 Å². The van der Waals surface area contributed by atoms with Gasteiger partial charge in [0, 0.05) is 10.9 Å². The maximum atomic E-state index is 12.3. The SMILES string of the molecule is O=S(=O)(Nc1ccccc1CCl)c1cc(Cl)ccc1Cl. The number of anilines is 1. The molecule has 2 aromatic carbocycles. The van der Waals surface area contributed by atoms with Gasteiger partial charge in [0.15, 0.2) is 0 Å². The van der Waals surface area contributed by atoms with Gasteiger partial charge in [0.1, 0.15) is 4.90 Å². The third-order valence-electron chi connectivity index (χ3n) is 2.59. The van der Waals surface area contributed by atoms with Crippen molar-refractivity contribution in [3.05, 3.63) is 58.1 Å². The molecule has 20 heavy (non-hydrogen) atoms. The molecule has 1 N–H and O–H groups in total. The first-order chi connectivity index (χ1) is 9.44. The molecule has 0 atom stereocenters. The number of para-hydroxylation sites is 1. The van der Waals surface area contributed by atoms with Crippen LogP contribution in [0.4, 0.5) is 5.69 Å². The molecule has 0 spiro atoms. The first-order valence-electron chi connectivity index (χ1n) is 5.56. The Labute approximate surface area is 132 Å².